The second-order valence-electron chi connectivity index (χ2n) is 14.2. The van der Waals surface area contributed by atoms with Gasteiger partial charge in [0.05, 0.1) is 0 Å². The molecule has 1 N–H and O–H groups in total. The fourth-order valence-electron chi connectivity index (χ4n) is 7.81. The summed E-state index contributed by atoms with van der Waals surface area (Å²) < 4.78 is 6.40. The van der Waals surface area contributed by atoms with Gasteiger partial charge in [0, 0.05) is 50.3 Å². The summed E-state index contributed by atoms with van der Waals surface area (Å²) in [7, 11) is 0. The van der Waals surface area contributed by atoms with Crippen LogP contribution in [-0.4, -0.2) is 0 Å². The summed E-state index contributed by atoms with van der Waals surface area (Å²) >= 11 is 0. The Morgan fingerprint density at radius 3 is 1.46 bits per heavy atom. The summed E-state index contributed by atoms with van der Waals surface area (Å²) in [6.45, 7) is 0. The molecule has 0 amide bonds. The van der Waals surface area contributed by atoms with Crippen LogP contribution in [0.4, 0.5) is 28.4 Å². The molecule has 0 bridgehead atoms. The number of benzene rings is 9. The summed E-state index contributed by atoms with van der Waals surface area (Å²) in [5.41, 5.74) is 16.4. The molecule has 270 valence electrons. The van der Waals surface area contributed by atoms with Gasteiger partial charge in [-0.05, 0) is 100 Å². The van der Waals surface area contributed by atoms with Crippen LogP contribution in [0, 0.1) is 0 Å². The highest BCUT2D eigenvalue weighted by Gasteiger charge is 2.16. The van der Waals surface area contributed by atoms with Crippen molar-refractivity contribution in [3.05, 3.63) is 224 Å². The highest BCUT2D eigenvalue weighted by Crippen LogP contribution is 2.41. The van der Waals surface area contributed by atoms with Gasteiger partial charge in [-0.3, -0.25) is 0 Å². The van der Waals surface area contributed by atoms with Gasteiger partial charge >= 0.3 is 0 Å². The van der Waals surface area contributed by atoms with Gasteiger partial charge in [0.1, 0.15) is 11.2 Å². The summed E-state index contributed by atoms with van der Waals surface area (Å²) in [4.78, 5) is 2.33. The van der Waals surface area contributed by atoms with Gasteiger partial charge in [-0.1, -0.05) is 158 Å². The van der Waals surface area contributed by atoms with Crippen molar-refractivity contribution in [2.75, 3.05) is 10.2 Å². The summed E-state index contributed by atoms with van der Waals surface area (Å²) in [6, 6.07) is 79.3. The van der Waals surface area contributed by atoms with Crippen LogP contribution >= 0.6 is 0 Å². The van der Waals surface area contributed by atoms with Crippen LogP contribution < -0.4 is 10.2 Å². The first kappa shape index (κ1) is 33.9. The molecule has 1 heterocycles. The van der Waals surface area contributed by atoms with E-state index in [2.05, 4.69) is 216 Å². The largest absolute Gasteiger partial charge is 0.455 e. The average Bonchev–Trinajstić information content (AvgIpc) is 3.68. The Hall–Kier alpha value is -7.62. The zero-order chi connectivity index (χ0) is 38.0. The lowest BCUT2D eigenvalue weighted by Gasteiger charge is -2.26. The lowest BCUT2D eigenvalue weighted by Crippen LogP contribution is -2.09. The molecule has 0 radical (unpaired) electrons. The van der Waals surface area contributed by atoms with Gasteiger partial charge in [0.25, 0.3) is 0 Å². The highest BCUT2D eigenvalue weighted by atomic mass is 16.3. The SMILES string of the molecule is c1ccc(Nc2ccc(-c3ccc(N(c4ccc(-c5ccccc5)cc4)c4ccc(-c5cccc6c5oc5ccccc56)cc4)cc3)cc2-c2ccccc2)cc1. The predicted molar refractivity (Wildman–Crippen MR) is 240 cm³/mol. The van der Waals surface area contributed by atoms with Crippen molar-refractivity contribution in [3.8, 4) is 44.5 Å². The minimum atomic E-state index is 0.904. The molecule has 0 saturated carbocycles. The van der Waals surface area contributed by atoms with Gasteiger partial charge in [-0.15, -0.1) is 0 Å². The molecule has 0 spiro atoms. The maximum atomic E-state index is 6.40. The number of nitrogens with one attached hydrogen (secondary N) is 1. The van der Waals surface area contributed by atoms with E-state index in [-0.39, 0.29) is 0 Å². The van der Waals surface area contributed by atoms with E-state index in [4.69, 9.17) is 4.42 Å². The Labute approximate surface area is 332 Å². The van der Waals surface area contributed by atoms with Crippen LogP contribution in [0.25, 0.3) is 66.4 Å². The summed E-state index contributed by atoms with van der Waals surface area (Å²) in [5.74, 6) is 0. The van der Waals surface area contributed by atoms with Crippen LogP contribution in [-0.2, 0) is 0 Å². The van der Waals surface area contributed by atoms with Crippen molar-refractivity contribution in [2.45, 2.75) is 0 Å². The zero-order valence-corrected chi connectivity index (χ0v) is 31.2. The molecule has 10 aromatic rings. The molecule has 0 saturated heterocycles. The molecule has 1 aromatic heterocycles. The van der Waals surface area contributed by atoms with Crippen molar-refractivity contribution in [3.63, 3.8) is 0 Å². The van der Waals surface area contributed by atoms with E-state index in [1.165, 1.54) is 16.7 Å². The second-order valence-corrected chi connectivity index (χ2v) is 14.2. The van der Waals surface area contributed by atoms with E-state index >= 15 is 0 Å². The molecule has 0 fully saturated rings. The van der Waals surface area contributed by atoms with Crippen molar-refractivity contribution >= 4 is 50.4 Å². The van der Waals surface area contributed by atoms with Gasteiger partial charge in [-0.25, -0.2) is 0 Å². The number of hydrogen-bond acceptors (Lipinski definition) is 3. The van der Waals surface area contributed by atoms with Crippen LogP contribution in [0.3, 0.4) is 0 Å². The Balaban J connectivity index is 1.02. The average molecular weight is 731 g/mol. The first-order valence-corrected chi connectivity index (χ1v) is 19.3. The van der Waals surface area contributed by atoms with Crippen molar-refractivity contribution in [1.29, 1.82) is 0 Å². The first-order chi connectivity index (χ1) is 28.2. The molecule has 57 heavy (non-hydrogen) atoms. The molecule has 0 aliphatic heterocycles. The van der Waals surface area contributed by atoms with E-state index in [0.29, 0.717) is 0 Å². The number of furan rings is 1. The number of fused-ring (bicyclic) bond motifs is 3. The van der Waals surface area contributed by atoms with Crippen LogP contribution in [0.15, 0.2) is 229 Å². The Morgan fingerprint density at radius 2 is 0.807 bits per heavy atom. The summed E-state index contributed by atoms with van der Waals surface area (Å²) in [5, 5.41) is 5.91. The fraction of sp³-hybridized carbons (Fsp3) is 0. The highest BCUT2D eigenvalue weighted by molar-refractivity contribution is 6.09. The molecule has 0 aliphatic rings. The first-order valence-electron chi connectivity index (χ1n) is 19.3. The monoisotopic (exact) mass is 730 g/mol. The second kappa shape index (κ2) is 14.9. The molecule has 0 atom stereocenters. The minimum absolute atomic E-state index is 0.904. The van der Waals surface area contributed by atoms with E-state index in [9.17, 15) is 0 Å². The third kappa shape index (κ3) is 6.73. The van der Waals surface area contributed by atoms with E-state index in [0.717, 1.165) is 78.2 Å². The van der Waals surface area contributed by atoms with Crippen LogP contribution in [0.5, 0.6) is 0 Å². The standard InChI is InChI=1S/C54H38N2O/c1-4-13-38(14-5-1)39-23-30-45(31-24-39)56(47-34-27-42(28-35-47)48-20-12-21-50-49-19-10-11-22-53(49)57-54(48)50)46-32-25-40(26-33-46)43-29-36-52(55-44-17-8-3-9-18-44)51(37-43)41-15-6-2-7-16-41/h1-37,55H. The summed E-state index contributed by atoms with van der Waals surface area (Å²) in [6.07, 6.45) is 0. The quantitative estimate of drug-likeness (QED) is 0.160. The number of anilines is 5. The number of para-hydroxylation sites is 3. The Bertz CT molecular complexity index is 2940. The molecule has 10 rings (SSSR count). The van der Waals surface area contributed by atoms with E-state index < -0.39 is 0 Å². The maximum Gasteiger partial charge on any atom is 0.143 e. The van der Waals surface area contributed by atoms with Crippen molar-refractivity contribution in [2.24, 2.45) is 0 Å². The zero-order valence-electron chi connectivity index (χ0n) is 31.2. The van der Waals surface area contributed by atoms with Gasteiger partial charge in [-0.2, -0.15) is 0 Å². The van der Waals surface area contributed by atoms with Gasteiger partial charge < -0.3 is 14.6 Å². The minimum Gasteiger partial charge on any atom is -0.455 e. The molecular formula is C54H38N2O. The van der Waals surface area contributed by atoms with Gasteiger partial charge in [0.2, 0.25) is 0 Å². The van der Waals surface area contributed by atoms with Crippen molar-refractivity contribution in [1.82, 2.24) is 0 Å². The molecule has 9 aromatic carbocycles. The van der Waals surface area contributed by atoms with E-state index in [1.54, 1.807) is 0 Å². The lowest BCUT2D eigenvalue weighted by atomic mass is 9.97. The normalized spacial score (nSPS) is 11.2. The van der Waals surface area contributed by atoms with Crippen LogP contribution in [0.2, 0.25) is 0 Å². The van der Waals surface area contributed by atoms with Crippen LogP contribution in [0.1, 0.15) is 0 Å². The van der Waals surface area contributed by atoms with E-state index in [1.807, 2.05) is 18.2 Å². The lowest BCUT2D eigenvalue weighted by molar-refractivity contribution is 0.670. The third-order valence-corrected chi connectivity index (χ3v) is 10.7. The third-order valence-electron chi connectivity index (χ3n) is 10.7. The topological polar surface area (TPSA) is 28.4 Å². The number of hydrogen-bond donors (Lipinski definition) is 1. The fourth-order valence-corrected chi connectivity index (χ4v) is 7.81. The van der Waals surface area contributed by atoms with Crippen molar-refractivity contribution < 1.29 is 4.42 Å². The smallest absolute Gasteiger partial charge is 0.143 e. The number of rotatable bonds is 9. The molecule has 3 heteroatoms. The predicted octanol–water partition coefficient (Wildman–Crippen LogP) is 15.5. The molecule has 3 nitrogen and oxygen atoms in total. The van der Waals surface area contributed by atoms with Gasteiger partial charge in [0.15, 0.2) is 0 Å². The molecule has 0 aliphatic carbocycles. The Morgan fingerprint density at radius 1 is 0.333 bits per heavy atom. The Kier molecular flexibility index (Phi) is 8.86. The maximum absolute atomic E-state index is 6.40. The molecule has 0 unspecified atom stereocenters. The number of nitrogens with zero attached hydrogens (tertiary/aromatic N) is 1. The molecular weight excluding hydrogens is 693 g/mol.